The molecule has 188 valence electrons. The molecule has 2 aliphatic heterocycles. The van der Waals surface area contributed by atoms with Crippen molar-refractivity contribution in [3.8, 4) is 5.75 Å². The zero-order valence-corrected chi connectivity index (χ0v) is 21.2. The highest BCUT2D eigenvalue weighted by atomic mass is 35.5. The first-order valence-electron chi connectivity index (χ1n) is 12.2. The maximum absolute atomic E-state index is 13.4. The molecule has 2 aromatic rings. The number of methoxy groups -OCH3 is 2. The lowest BCUT2D eigenvalue weighted by atomic mass is 9.77. The van der Waals surface area contributed by atoms with Crippen LogP contribution in [-0.4, -0.2) is 62.2 Å². The molecule has 1 N–H and O–H groups in total. The van der Waals surface area contributed by atoms with Gasteiger partial charge >= 0.3 is 6.09 Å². The number of hydrogen-bond donors (Lipinski definition) is 1. The zero-order valence-electron chi connectivity index (χ0n) is 20.5. The molecule has 1 unspecified atom stereocenters. The van der Waals surface area contributed by atoms with Crippen LogP contribution < -0.4 is 10.1 Å². The quantitative estimate of drug-likeness (QED) is 0.572. The molecule has 2 heterocycles. The van der Waals surface area contributed by atoms with E-state index in [-0.39, 0.29) is 17.4 Å². The van der Waals surface area contributed by atoms with Gasteiger partial charge < -0.3 is 24.6 Å². The Kier molecular flexibility index (Phi) is 8.19. The van der Waals surface area contributed by atoms with Crippen molar-refractivity contribution in [1.29, 1.82) is 0 Å². The van der Waals surface area contributed by atoms with Gasteiger partial charge in [-0.25, -0.2) is 4.79 Å². The minimum atomic E-state index is -0.471. The molecule has 8 heteroatoms. The van der Waals surface area contributed by atoms with Crippen molar-refractivity contribution in [2.24, 2.45) is 5.41 Å². The van der Waals surface area contributed by atoms with E-state index in [0.29, 0.717) is 18.0 Å². The number of amides is 2. The maximum Gasteiger partial charge on any atom is 0.407 e. The summed E-state index contributed by atoms with van der Waals surface area (Å²) in [7, 11) is 3.02. The average Bonchev–Trinajstić information content (AvgIpc) is 3.18. The standard InChI is InChI=1S/C27H34ClN3O4/c1-34-21-9-7-20(8-10-21)19-31-18-14-27(25(31)32)12-16-30(17-13-27)15-11-24(29-26(33)35-2)22-5-3-4-6-23(22)28/h3-10,24H,11-19H2,1-2H3,(H,29,33). The van der Waals surface area contributed by atoms with Gasteiger partial charge in [0.1, 0.15) is 5.75 Å². The number of nitrogens with zero attached hydrogens (tertiary/aromatic N) is 2. The van der Waals surface area contributed by atoms with Crippen molar-refractivity contribution in [3.05, 3.63) is 64.7 Å². The van der Waals surface area contributed by atoms with Crippen molar-refractivity contribution in [2.45, 2.75) is 38.3 Å². The van der Waals surface area contributed by atoms with Gasteiger partial charge in [-0.05, 0) is 68.1 Å². The first kappa shape index (κ1) is 25.3. The van der Waals surface area contributed by atoms with Gasteiger partial charge in [0, 0.05) is 24.7 Å². The smallest absolute Gasteiger partial charge is 0.407 e. The fourth-order valence-corrected chi connectivity index (χ4v) is 5.51. The third kappa shape index (κ3) is 5.90. The van der Waals surface area contributed by atoms with Crippen molar-refractivity contribution < 1.29 is 19.1 Å². The van der Waals surface area contributed by atoms with E-state index in [9.17, 15) is 9.59 Å². The molecule has 2 saturated heterocycles. The Balaban J connectivity index is 1.31. The van der Waals surface area contributed by atoms with Gasteiger partial charge in [0.2, 0.25) is 5.91 Å². The van der Waals surface area contributed by atoms with Crippen molar-refractivity contribution in [3.63, 3.8) is 0 Å². The van der Waals surface area contributed by atoms with E-state index in [0.717, 1.165) is 62.3 Å². The van der Waals surface area contributed by atoms with E-state index < -0.39 is 6.09 Å². The summed E-state index contributed by atoms with van der Waals surface area (Å²) in [6, 6.07) is 15.3. The van der Waals surface area contributed by atoms with Gasteiger partial charge in [-0.2, -0.15) is 0 Å². The Morgan fingerprint density at radius 2 is 1.74 bits per heavy atom. The Morgan fingerprint density at radius 1 is 1.06 bits per heavy atom. The second-order valence-electron chi connectivity index (χ2n) is 9.45. The highest BCUT2D eigenvalue weighted by Crippen LogP contribution is 2.42. The van der Waals surface area contributed by atoms with E-state index in [1.54, 1.807) is 7.11 Å². The van der Waals surface area contributed by atoms with Crippen LogP contribution >= 0.6 is 11.6 Å². The normalized spacial score (nSPS) is 18.5. The van der Waals surface area contributed by atoms with Crippen LogP contribution in [0.1, 0.15) is 42.9 Å². The molecule has 0 radical (unpaired) electrons. The topological polar surface area (TPSA) is 71.1 Å². The van der Waals surface area contributed by atoms with E-state index in [1.807, 2.05) is 53.4 Å². The first-order valence-corrected chi connectivity index (χ1v) is 12.6. The second kappa shape index (κ2) is 11.3. The molecular weight excluding hydrogens is 466 g/mol. The van der Waals surface area contributed by atoms with Crippen molar-refractivity contribution >= 4 is 23.6 Å². The molecule has 0 aromatic heterocycles. The number of hydrogen-bond acceptors (Lipinski definition) is 5. The zero-order chi connectivity index (χ0) is 24.8. The fourth-order valence-electron chi connectivity index (χ4n) is 5.24. The number of rotatable bonds is 8. The van der Waals surface area contributed by atoms with E-state index in [2.05, 4.69) is 10.2 Å². The molecule has 0 bridgehead atoms. The van der Waals surface area contributed by atoms with Crippen LogP contribution in [0.4, 0.5) is 4.79 Å². The molecule has 4 rings (SSSR count). The number of carbonyl (C=O) groups excluding carboxylic acids is 2. The van der Waals surface area contributed by atoms with Gasteiger partial charge in [-0.3, -0.25) is 4.79 Å². The highest BCUT2D eigenvalue weighted by Gasteiger charge is 2.47. The minimum Gasteiger partial charge on any atom is -0.497 e. The number of ether oxygens (including phenoxy) is 2. The molecule has 35 heavy (non-hydrogen) atoms. The molecule has 1 atom stereocenters. The average molecular weight is 500 g/mol. The Bertz CT molecular complexity index is 1020. The number of alkyl carbamates (subject to hydrolysis) is 1. The largest absolute Gasteiger partial charge is 0.497 e. The van der Waals surface area contributed by atoms with Gasteiger partial charge in [-0.15, -0.1) is 0 Å². The third-order valence-electron chi connectivity index (χ3n) is 7.44. The fraction of sp³-hybridized carbons (Fsp3) is 0.481. The van der Waals surface area contributed by atoms with E-state index >= 15 is 0 Å². The number of carbonyl (C=O) groups is 2. The lowest BCUT2D eigenvalue weighted by Crippen LogP contribution is -2.45. The molecule has 1 spiro atoms. The number of benzene rings is 2. The van der Waals surface area contributed by atoms with Gasteiger partial charge in [0.05, 0.1) is 25.7 Å². The van der Waals surface area contributed by atoms with Crippen LogP contribution in [0.5, 0.6) is 5.75 Å². The Labute approximate surface area is 212 Å². The number of halogens is 1. The lowest BCUT2D eigenvalue weighted by molar-refractivity contribution is -0.138. The van der Waals surface area contributed by atoms with Crippen LogP contribution in [0.2, 0.25) is 5.02 Å². The van der Waals surface area contributed by atoms with Crippen LogP contribution in [0.3, 0.4) is 0 Å². The molecular formula is C27H34ClN3O4. The van der Waals surface area contributed by atoms with Crippen molar-refractivity contribution in [1.82, 2.24) is 15.1 Å². The number of nitrogens with one attached hydrogen (secondary N) is 1. The summed E-state index contributed by atoms with van der Waals surface area (Å²) in [6.07, 6.45) is 2.89. The minimum absolute atomic E-state index is 0.236. The van der Waals surface area contributed by atoms with Crippen LogP contribution in [0.15, 0.2) is 48.5 Å². The maximum atomic E-state index is 13.4. The van der Waals surface area contributed by atoms with Crippen LogP contribution in [0.25, 0.3) is 0 Å². The van der Waals surface area contributed by atoms with Gasteiger partial charge in [0.15, 0.2) is 0 Å². The summed E-state index contributed by atoms with van der Waals surface area (Å²) in [5.74, 6) is 1.11. The highest BCUT2D eigenvalue weighted by molar-refractivity contribution is 6.31. The summed E-state index contributed by atoms with van der Waals surface area (Å²) in [4.78, 5) is 29.7. The van der Waals surface area contributed by atoms with Crippen LogP contribution in [-0.2, 0) is 16.1 Å². The summed E-state index contributed by atoms with van der Waals surface area (Å²) >= 11 is 6.40. The predicted molar refractivity (Wildman–Crippen MR) is 135 cm³/mol. The monoisotopic (exact) mass is 499 g/mol. The Morgan fingerprint density at radius 3 is 2.40 bits per heavy atom. The van der Waals surface area contributed by atoms with E-state index in [4.69, 9.17) is 21.1 Å². The van der Waals surface area contributed by atoms with Crippen molar-refractivity contribution in [2.75, 3.05) is 40.4 Å². The first-order chi connectivity index (χ1) is 16.9. The predicted octanol–water partition coefficient (Wildman–Crippen LogP) is 4.65. The molecule has 2 aliphatic rings. The summed E-state index contributed by atoms with van der Waals surface area (Å²) in [5, 5.41) is 3.54. The number of piperidine rings is 1. The summed E-state index contributed by atoms with van der Waals surface area (Å²) in [6.45, 7) is 4.00. The lowest BCUT2D eigenvalue weighted by Gasteiger charge is -2.38. The summed E-state index contributed by atoms with van der Waals surface area (Å²) in [5.41, 5.74) is 1.76. The molecule has 7 nitrogen and oxygen atoms in total. The van der Waals surface area contributed by atoms with E-state index in [1.165, 1.54) is 7.11 Å². The molecule has 0 aliphatic carbocycles. The molecule has 2 fully saturated rings. The molecule has 2 amide bonds. The Hall–Kier alpha value is -2.77. The van der Waals surface area contributed by atoms with Gasteiger partial charge in [0.25, 0.3) is 0 Å². The molecule has 0 saturated carbocycles. The second-order valence-corrected chi connectivity index (χ2v) is 9.85. The van der Waals surface area contributed by atoms with Crippen LogP contribution in [0, 0.1) is 5.41 Å². The third-order valence-corrected chi connectivity index (χ3v) is 7.78. The number of likely N-dealkylation sites (tertiary alicyclic amines) is 2. The molecule has 2 aromatic carbocycles. The summed E-state index contributed by atoms with van der Waals surface area (Å²) < 4.78 is 10.0. The van der Waals surface area contributed by atoms with Gasteiger partial charge in [-0.1, -0.05) is 41.9 Å². The SMILES string of the molecule is COC(=O)NC(CCN1CCC2(CC1)CCN(Cc1ccc(OC)cc1)C2=O)c1ccccc1Cl.